The molecule has 2 atom stereocenters. The number of rotatable bonds is 4. The molecule has 0 spiro atoms. The fraction of sp³-hybridized carbons (Fsp3) is 0.636. The highest BCUT2D eigenvalue weighted by Gasteiger charge is 2.17. The van der Waals surface area contributed by atoms with Crippen LogP contribution in [0.15, 0.2) is 6.07 Å². The van der Waals surface area contributed by atoms with Gasteiger partial charge in [-0.3, -0.25) is 9.48 Å². The Morgan fingerprint density at radius 1 is 1.62 bits per heavy atom. The molecule has 2 N–H and O–H groups in total. The molecule has 0 aliphatic carbocycles. The van der Waals surface area contributed by atoms with Crippen LogP contribution in [0, 0.1) is 12.8 Å². The fourth-order valence-corrected chi connectivity index (χ4v) is 1.25. The molecule has 0 aromatic carbocycles. The lowest BCUT2D eigenvalue weighted by molar-refractivity contribution is 0.0910. The average Bonchev–Trinajstić information content (AvgIpc) is 2.58. The summed E-state index contributed by atoms with van der Waals surface area (Å²) in [6.45, 7) is 5.70. The van der Waals surface area contributed by atoms with Gasteiger partial charge < -0.3 is 10.4 Å². The lowest BCUT2D eigenvalue weighted by Gasteiger charge is -2.18. The molecule has 16 heavy (non-hydrogen) atoms. The Labute approximate surface area is 95.5 Å². The number of amides is 1. The summed E-state index contributed by atoms with van der Waals surface area (Å²) in [5.41, 5.74) is 1.35. The van der Waals surface area contributed by atoms with Crippen LogP contribution in [0.1, 0.15) is 30.0 Å². The summed E-state index contributed by atoms with van der Waals surface area (Å²) in [6, 6.07) is 1.67. The van der Waals surface area contributed by atoms with E-state index >= 15 is 0 Å². The van der Waals surface area contributed by atoms with Gasteiger partial charge in [-0.1, -0.05) is 6.92 Å². The Morgan fingerprint density at radius 3 is 2.69 bits per heavy atom. The summed E-state index contributed by atoms with van der Waals surface area (Å²) in [4.78, 5) is 11.8. The first kappa shape index (κ1) is 12.7. The Bertz CT molecular complexity index is 354. The second kappa shape index (κ2) is 5.12. The third-order valence-electron chi connectivity index (χ3n) is 2.85. The van der Waals surface area contributed by atoms with Crippen LogP contribution in [0.25, 0.3) is 0 Å². The van der Waals surface area contributed by atoms with Crippen LogP contribution >= 0.6 is 0 Å². The molecule has 0 saturated heterocycles. The molecule has 1 amide bonds. The van der Waals surface area contributed by atoms with Crippen molar-refractivity contribution in [3.05, 3.63) is 17.5 Å². The molecule has 1 rings (SSSR count). The van der Waals surface area contributed by atoms with Gasteiger partial charge in [0.1, 0.15) is 5.69 Å². The van der Waals surface area contributed by atoms with Gasteiger partial charge >= 0.3 is 0 Å². The van der Waals surface area contributed by atoms with Crippen molar-refractivity contribution in [2.75, 3.05) is 6.61 Å². The van der Waals surface area contributed by atoms with Crippen molar-refractivity contribution in [2.45, 2.75) is 26.8 Å². The predicted octanol–water partition coefficient (Wildman–Crippen LogP) is 0.475. The topological polar surface area (TPSA) is 67.2 Å². The van der Waals surface area contributed by atoms with Crippen molar-refractivity contribution >= 4 is 5.91 Å². The summed E-state index contributed by atoms with van der Waals surface area (Å²) in [7, 11) is 1.80. The van der Waals surface area contributed by atoms with E-state index in [4.69, 9.17) is 5.11 Å². The Morgan fingerprint density at radius 2 is 2.25 bits per heavy atom. The molecule has 1 heterocycles. The number of aliphatic hydroxyl groups excluding tert-OH is 1. The van der Waals surface area contributed by atoms with Crippen LogP contribution in [-0.2, 0) is 7.05 Å². The van der Waals surface area contributed by atoms with Gasteiger partial charge in [-0.2, -0.15) is 5.10 Å². The molecule has 1 aromatic rings. The molecule has 1 aromatic heterocycles. The number of aryl methyl sites for hydroxylation is 2. The minimum atomic E-state index is -0.198. The van der Waals surface area contributed by atoms with Gasteiger partial charge in [0.2, 0.25) is 0 Å². The van der Waals surface area contributed by atoms with E-state index in [0.29, 0.717) is 5.69 Å². The first-order chi connectivity index (χ1) is 7.45. The largest absolute Gasteiger partial charge is 0.396 e. The second-order valence-electron chi connectivity index (χ2n) is 4.22. The zero-order valence-electron chi connectivity index (χ0n) is 10.2. The number of nitrogens with zero attached hydrogens (tertiary/aromatic N) is 2. The number of hydrogen-bond acceptors (Lipinski definition) is 3. The number of carbonyl (C=O) groups excluding carboxylic acids is 1. The standard InChI is InChI=1S/C11H19N3O2/c1-7(6-15)9(3)12-11(16)10-5-8(2)14(4)13-10/h5,7,9,15H,6H2,1-4H3,(H,12,16). The monoisotopic (exact) mass is 225 g/mol. The maximum atomic E-state index is 11.8. The van der Waals surface area contributed by atoms with Crippen LogP contribution in [0.4, 0.5) is 0 Å². The molecule has 0 radical (unpaired) electrons. The van der Waals surface area contributed by atoms with E-state index in [1.54, 1.807) is 17.8 Å². The van der Waals surface area contributed by atoms with Crippen LogP contribution in [0.5, 0.6) is 0 Å². The second-order valence-corrected chi connectivity index (χ2v) is 4.22. The van der Waals surface area contributed by atoms with Gasteiger partial charge in [0.15, 0.2) is 0 Å². The fourth-order valence-electron chi connectivity index (χ4n) is 1.25. The minimum Gasteiger partial charge on any atom is -0.396 e. The number of aromatic nitrogens is 2. The van der Waals surface area contributed by atoms with Crippen molar-refractivity contribution in [2.24, 2.45) is 13.0 Å². The van der Waals surface area contributed by atoms with Crippen molar-refractivity contribution in [3.63, 3.8) is 0 Å². The first-order valence-electron chi connectivity index (χ1n) is 5.38. The van der Waals surface area contributed by atoms with E-state index in [-0.39, 0.29) is 24.5 Å². The van der Waals surface area contributed by atoms with Crippen molar-refractivity contribution in [3.8, 4) is 0 Å². The van der Waals surface area contributed by atoms with E-state index in [0.717, 1.165) is 5.69 Å². The first-order valence-corrected chi connectivity index (χ1v) is 5.38. The third kappa shape index (κ3) is 2.82. The highest BCUT2D eigenvalue weighted by Crippen LogP contribution is 2.04. The number of carbonyl (C=O) groups is 1. The summed E-state index contributed by atoms with van der Waals surface area (Å²) in [6.07, 6.45) is 0. The lowest BCUT2D eigenvalue weighted by atomic mass is 10.1. The lowest BCUT2D eigenvalue weighted by Crippen LogP contribution is -2.38. The molecular formula is C11H19N3O2. The van der Waals surface area contributed by atoms with E-state index in [2.05, 4.69) is 10.4 Å². The van der Waals surface area contributed by atoms with E-state index in [1.165, 1.54) is 0 Å². The van der Waals surface area contributed by atoms with Crippen LogP contribution in [0.2, 0.25) is 0 Å². The van der Waals surface area contributed by atoms with Gasteiger partial charge in [-0.15, -0.1) is 0 Å². The summed E-state index contributed by atoms with van der Waals surface area (Å²) in [5, 5.41) is 15.9. The van der Waals surface area contributed by atoms with E-state index in [1.807, 2.05) is 20.8 Å². The number of hydrogen-bond donors (Lipinski definition) is 2. The van der Waals surface area contributed by atoms with Crippen molar-refractivity contribution < 1.29 is 9.90 Å². The van der Waals surface area contributed by atoms with Crippen LogP contribution in [-0.4, -0.2) is 33.4 Å². The maximum Gasteiger partial charge on any atom is 0.272 e. The molecule has 5 nitrogen and oxygen atoms in total. The Balaban J connectivity index is 2.65. The molecule has 0 fully saturated rings. The van der Waals surface area contributed by atoms with E-state index < -0.39 is 0 Å². The van der Waals surface area contributed by atoms with Gasteiger partial charge in [0.05, 0.1) is 0 Å². The number of nitrogens with one attached hydrogen (secondary N) is 1. The zero-order chi connectivity index (χ0) is 12.3. The summed E-state index contributed by atoms with van der Waals surface area (Å²) >= 11 is 0. The molecule has 90 valence electrons. The molecule has 5 heteroatoms. The molecular weight excluding hydrogens is 206 g/mol. The normalized spacial score (nSPS) is 14.6. The minimum absolute atomic E-state index is 0.0359. The zero-order valence-corrected chi connectivity index (χ0v) is 10.2. The molecule has 0 saturated carbocycles. The maximum absolute atomic E-state index is 11.8. The van der Waals surface area contributed by atoms with Crippen LogP contribution in [0.3, 0.4) is 0 Å². The highest BCUT2D eigenvalue weighted by molar-refractivity contribution is 5.92. The van der Waals surface area contributed by atoms with Gasteiger partial charge in [0, 0.05) is 25.4 Å². The van der Waals surface area contributed by atoms with Gasteiger partial charge in [-0.05, 0) is 25.8 Å². The Hall–Kier alpha value is -1.36. The third-order valence-corrected chi connectivity index (χ3v) is 2.85. The van der Waals surface area contributed by atoms with Crippen molar-refractivity contribution in [1.82, 2.24) is 15.1 Å². The quantitative estimate of drug-likeness (QED) is 0.783. The highest BCUT2D eigenvalue weighted by atomic mass is 16.3. The molecule has 0 bridgehead atoms. The summed E-state index contributed by atoms with van der Waals surface area (Å²) < 4.78 is 1.66. The smallest absolute Gasteiger partial charge is 0.272 e. The SMILES string of the molecule is Cc1cc(C(=O)NC(C)C(C)CO)nn1C. The van der Waals surface area contributed by atoms with Crippen LogP contribution < -0.4 is 5.32 Å². The Kier molecular flexibility index (Phi) is 4.06. The van der Waals surface area contributed by atoms with Gasteiger partial charge in [-0.25, -0.2) is 0 Å². The predicted molar refractivity (Wildman–Crippen MR) is 61.1 cm³/mol. The molecule has 2 unspecified atom stereocenters. The van der Waals surface area contributed by atoms with E-state index in [9.17, 15) is 4.79 Å². The van der Waals surface area contributed by atoms with Gasteiger partial charge in [0.25, 0.3) is 5.91 Å². The number of aliphatic hydroxyl groups is 1. The molecule has 0 aliphatic heterocycles. The van der Waals surface area contributed by atoms with Crippen molar-refractivity contribution in [1.29, 1.82) is 0 Å². The average molecular weight is 225 g/mol. The summed E-state index contributed by atoms with van der Waals surface area (Å²) in [5.74, 6) is -0.162. The molecule has 0 aliphatic rings.